The third-order valence-electron chi connectivity index (χ3n) is 3.46. The van der Waals surface area contributed by atoms with Crippen LogP contribution in [0.15, 0.2) is 53.4 Å². The molecule has 0 saturated heterocycles. The molecule has 0 spiro atoms. The number of halogens is 1. The molecule has 5 heteroatoms. The maximum absolute atomic E-state index is 12.3. The SMILES string of the molecule is CC[C@@H](Oc1ccccc1Cl)C(=O)NCCSc1ccc(C)cc1. The fourth-order valence-corrected chi connectivity index (χ4v) is 3.06. The van der Waals surface area contributed by atoms with Gasteiger partial charge >= 0.3 is 0 Å². The first-order valence-electron chi connectivity index (χ1n) is 7.98. The summed E-state index contributed by atoms with van der Waals surface area (Å²) in [6.07, 6.45) is 0.0524. The number of ether oxygens (including phenoxy) is 1. The average molecular weight is 364 g/mol. The summed E-state index contributed by atoms with van der Waals surface area (Å²) >= 11 is 7.80. The molecule has 3 nitrogen and oxygen atoms in total. The maximum Gasteiger partial charge on any atom is 0.261 e. The van der Waals surface area contributed by atoms with Gasteiger partial charge in [0.2, 0.25) is 0 Å². The van der Waals surface area contributed by atoms with Crippen molar-refractivity contribution in [3.05, 3.63) is 59.1 Å². The summed E-state index contributed by atoms with van der Waals surface area (Å²) in [4.78, 5) is 13.5. The molecule has 0 radical (unpaired) electrons. The lowest BCUT2D eigenvalue weighted by atomic mass is 10.2. The van der Waals surface area contributed by atoms with Crippen molar-refractivity contribution in [2.75, 3.05) is 12.3 Å². The van der Waals surface area contributed by atoms with Crippen LogP contribution in [0.1, 0.15) is 18.9 Å². The van der Waals surface area contributed by atoms with Gasteiger partial charge in [-0.3, -0.25) is 4.79 Å². The lowest BCUT2D eigenvalue weighted by molar-refractivity contribution is -0.127. The van der Waals surface area contributed by atoms with E-state index < -0.39 is 6.10 Å². The quantitative estimate of drug-likeness (QED) is 0.545. The van der Waals surface area contributed by atoms with E-state index in [0.29, 0.717) is 23.7 Å². The molecule has 2 rings (SSSR count). The zero-order chi connectivity index (χ0) is 17.4. The van der Waals surface area contributed by atoms with Gasteiger partial charge in [-0.05, 0) is 37.6 Å². The number of carbonyl (C=O) groups excluding carboxylic acids is 1. The van der Waals surface area contributed by atoms with Crippen LogP contribution >= 0.6 is 23.4 Å². The standard InChI is InChI=1S/C19H22ClNO2S/c1-3-17(23-18-7-5-4-6-16(18)20)19(22)21-12-13-24-15-10-8-14(2)9-11-15/h4-11,17H,3,12-13H2,1-2H3,(H,21,22)/t17-/m1/s1. The van der Waals surface area contributed by atoms with Crippen LogP contribution < -0.4 is 10.1 Å². The highest BCUT2D eigenvalue weighted by Gasteiger charge is 2.18. The Kier molecular flexibility index (Phi) is 7.47. The third-order valence-corrected chi connectivity index (χ3v) is 4.79. The van der Waals surface area contributed by atoms with Crippen molar-refractivity contribution < 1.29 is 9.53 Å². The van der Waals surface area contributed by atoms with Gasteiger partial charge < -0.3 is 10.1 Å². The van der Waals surface area contributed by atoms with Crippen LogP contribution in [0.25, 0.3) is 0 Å². The molecule has 0 aliphatic carbocycles. The van der Waals surface area contributed by atoms with Gasteiger partial charge in [0.25, 0.3) is 5.91 Å². The zero-order valence-electron chi connectivity index (χ0n) is 13.9. The summed E-state index contributed by atoms with van der Waals surface area (Å²) in [7, 11) is 0. The van der Waals surface area contributed by atoms with E-state index >= 15 is 0 Å². The van der Waals surface area contributed by atoms with Crippen LogP contribution in [0, 0.1) is 6.92 Å². The van der Waals surface area contributed by atoms with Gasteiger partial charge in [0.05, 0.1) is 5.02 Å². The van der Waals surface area contributed by atoms with E-state index in [9.17, 15) is 4.79 Å². The van der Waals surface area contributed by atoms with Crippen LogP contribution in [0.3, 0.4) is 0 Å². The monoisotopic (exact) mass is 363 g/mol. The molecule has 0 aliphatic heterocycles. The summed E-state index contributed by atoms with van der Waals surface area (Å²) in [5.74, 6) is 1.24. The molecule has 0 aromatic heterocycles. The van der Waals surface area contributed by atoms with Crippen molar-refractivity contribution in [3.63, 3.8) is 0 Å². The first-order valence-corrected chi connectivity index (χ1v) is 9.35. The van der Waals surface area contributed by atoms with Crippen LogP contribution in [0.5, 0.6) is 5.75 Å². The van der Waals surface area contributed by atoms with Crippen LogP contribution in [-0.4, -0.2) is 24.3 Å². The summed E-state index contributed by atoms with van der Waals surface area (Å²) in [5, 5.41) is 3.44. The molecule has 1 atom stereocenters. The summed E-state index contributed by atoms with van der Waals surface area (Å²) in [6.45, 7) is 4.58. The van der Waals surface area contributed by atoms with E-state index in [2.05, 4.69) is 36.5 Å². The number of benzene rings is 2. The van der Waals surface area contributed by atoms with Crippen molar-refractivity contribution >= 4 is 29.3 Å². The molecule has 0 bridgehead atoms. The number of amides is 1. The first-order chi connectivity index (χ1) is 11.6. The van der Waals surface area contributed by atoms with Crippen molar-refractivity contribution in [3.8, 4) is 5.75 Å². The van der Waals surface area contributed by atoms with Gasteiger partial charge in [0, 0.05) is 17.2 Å². The molecule has 0 aliphatic rings. The number of hydrogen-bond donors (Lipinski definition) is 1. The van der Waals surface area contributed by atoms with Gasteiger partial charge in [-0.2, -0.15) is 0 Å². The van der Waals surface area contributed by atoms with Crippen LogP contribution in [-0.2, 0) is 4.79 Å². The minimum Gasteiger partial charge on any atom is -0.479 e. The zero-order valence-corrected chi connectivity index (χ0v) is 15.5. The van der Waals surface area contributed by atoms with Crippen molar-refractivity contribution in [2.24, 2.45) is 0 Å². The van der Waals surface area contributed by atoms with E-state index in [1.807, 2.05) is 19.1 Å². The number of carbonyl (C=O) groups is 1. The van der Waals surface area contributed by atoms with Crippen LogP contribution in [0.2, 0.25) is 5.02 Å². The fraction of sp³-hybridized carbons (Fsp3) is 0.316. The minimum absolute atomic E-state index is 0.109. The maximum atomic E-state index is 12.3. The lowest BCUT2D eigenvalue weighted by Crippen LogP contribution is -2.39. The van der Waals surface area contributed by atoms with Crippen LogP contribution in [0.4, 0.5) is 0 Å². The highest BCUT2D eigenvalue weighted by Crippen LogP contribution is 2.24. The fourth-order valence-electron chi connectivity index (χ4n) is 2.11. The molecule has 0 saturated carbocycles. The second kappa shape index (κ2) is 9.60. The van der Waals surface area contributed by atoms with E-state index in [0.717, 1.165) is 5.75 Å². The Balaban J connectivity index is 1.77. The molecular weight excluding hydrogens is 342 g/mol. The van der Waals surface area contributed by atoms with E-state index in [4.69, 9.17) is 16.3 Å². The number of aryl methyl sites for hydroxylation is 1. The molecule has 24 heavy (non-hydrogen) atoms. The highest BCUT2D eigenvalue weighted by molar-refractivity contribution is 7.99. The van der Waals surface area contributed by atoms with Crippen molar-refractivity contribution in [2.45, 2.75) is 31.3 Å². The van der Waals surface area contributed by atoms with Crippen molar-refractivity contribution in [1.29, 1.82) is 0 Å². The number of hydrogen-bond acceptors (Lipinski definition) is 3. The number of nitrogens with one attached hydrogen (secondary N) is 1. The molecule has 0 unspecified atom stereocenters. The predicted octanol–water partition coefficient (Wildman–Crippen LogP) is 4.71. The number of thioether (sulfide) groups is 1. The van der Waals surface area contributed by atoms with E-state index in [1.54, 1.807) is 23.9 Å². The Morgan fingerprint density at radius 3 is 2.58 bits per heavy atom. The Labute approximate surface area is 152 Å². The van der Waals surface area contributed by atoms with E-state index in [-0.39, 0.29) is 5.91 Å². The molecule has 0 heterocycles. The first kappa shape index (κ1) is 18.7. The number of para-hydroxylation sites is 1. The molecule has 128 valence electrons. The summed E-state index contributed by atoms with van der Waals surface area (Å²) in [6, 6.07) is 15.6. The third kappa shape index (κ3) is 5.77. The van der Waals surface area contributed by atoms with Gasteiger partial charge in [-0.25, -0.2) is 0 Å². The van der Waals surface area contributed by atoms with Gasteiger partial charge in [0.1, 0.15) is 5.75 Å². The largest absolute Gasteiger partial charge is 0.479 e. The second-order valence-corrected chi connectivity index (χ2v) is 6.97. The average Bonchev–Trinajstić information content (AvgIpc) is 2.59. The Morgan fingerprint density at radius 2 is 1.92 bits per heavy atom. The van der Waals surface area contributed by atoms with Crippen molar-refractivity contribution in [1.82, 2.24) is 5.32 Å². The Morgan fingerprint density at radius 1 is 1.21 bits per heavy atom. The molecule has 0 fully saturated rings. The molecule has 1 N–H and O–H groups in total. The highest BCUT2D eigenvalue weighted by atomic mass is 35.5. The Bertz CT molecular complexity index is 661. The topological polar surface area (TPSA) is 38.3 Å². The summed E-state index contributed by atoms with van der Waals surface area (Å²) < 4.78 is 5.73. The lowest BCUT2D eigenvalue weighted by Gasteiger charge is -2.18. The minimum atomic E-state index is -0.533. The smallest absolute Gasteiger partial charge is 0.261 e. The van der Waals surface area contributed by atoms with E-state index in [1.165, 1.54) is 10.5 Å². The normalized spacial score (nSPS) is 11.8. The number of rotatable bonds is 8. The van der Waals surface area contributed by atoms with Gasteiger partial charge in [-0.15, -0.1) is 11.8 Å². The molecule has 2 aromatic carbocycles. The molecule has 1 amide bonds. The summed E-state index contributed by atoms with van der Waals surface area (Å²) in [5.41, 5.74) is 1.25. The Hall–Kier alpha value is -1.65. The predicted molar refractivity (Wildman–Crippen MR) is 101 cm³/mol. The van der Waals surface area contributed by atoms with Gasteiger partial charge in [0.15, 0.2) is 6.10 Å². The molecular formula is C19H22ClNO2S. The van der Waals surface area contributed by atoms with Gasteiger partial charge in [-0.1, -0.05) is 48.4 Å². The second-order valence-electron chi connectivity index (χ2n) is 5.40. The molecule has 2 aromatic rings.